The first-order valence-corrected chi connectivity index (χ1v) is 9.70. The summed E-state index contributed by atoms with van der Waals surface area (Å²) in [7, 11) is -2.21. The first kappa shape index (κ1) is 18.7. The van der Waals surface area contributed by atoms with Crippen molar-refractivity contribution in [2.24, 2.45) is 0 Å². The lowest BCUT2D eigenvalue weighted by molar-refractivity contribution is 0.0596. The van der Waals surface area contributed by atoms with Crippen LogP contribution < -0.4 is 0 Å². The van der Waals surface area contributed by atoms with Crippen LogP contribution in [0.2, 0.25) is 0 Å². The predicted molar refractivity (Wildman–Crippen MR) is 88.0 cm³/mol. The van der Waals surface area contributed by atoms with Crippen molar-refractivity contribution in [2.45, 2.75) is 56.8 Å². The van der Waals surface area contributed by atoms with Crippen molar-refractivity contribution >= 4 is 15.8 Å². The third-order valence-corrected chi connectivity index (χ3v) is 4.81. The molecule has 0 amide bonds. The van der Waals surface area contributed by atoms with E-state index in [0.717, 1.165) is 31.1 Å². The second-order valence-electron chi connectivity index (χ2n) is 5.61. The Kier molecular flexibility index (Phi) is 7.59. The quantitative estimate of drug-likeness (QED) is 0.512. The van der Waals surface area contributed by atoms with Gasteiger partial charge in [-0.15, -0.1) is 0 Å². The number of hydrogen-bond acceptors (Lipinski definition) is 4. The number of sulfone groups is 1. The molecular formula is C17H26O4S. The van der Waals surface area contributed by atoms with Crippen molar-refractivity contribution < 1.29 is 17.9 Å². The number of benzene rings is 1. The van der Waals surface area contributed by atoms with Gasteiger partial charge in [0, 0.05) is 6.26 Å². The van der Waals surface area contributed by atoms with E-state index in [4.69, 9.17) is 0 Å². The number of unbranched alkanes of at least 4 members (excludes halogenated alkanes) is 5. The van der Waals surface area contributed by atoms with Crippen LogP contribution in [-0.4, -0.2) is 27.8 Å². The number of carbonyl (C=O) groups excluding carboxylic acids is 1. The molecule has 22 heavy (non-hydrogen) atoms. The Morgan fingerprint density at radius 1 is 1.09 bits per heavy atom. The zero-order valence-electron chi connectivity index (χ0n) is 13.7. The summed E-state index contributed by atoms with van der Waals surface area (Å²) >= 11 is 0. The molecule has 1 rings (SSSR count). The second kappa shape index (κ2) is 8.93. The van der Waals surface area contributed by atoms with Crippen molar-refractivity contribution in [3.63, 3.8) is 0 Å². The number of aryl methyl sites for hydroxylation is 1. The average Bonchev–Trinajstić information content (AvgIpc) is 2.49. The molecule has 5 heteroatoms. The summed E-state index contributed by atoms with van der Waals surface area (Å²) in [6.07, 6.45) is 9.09. The fraction of sp³-hybridized carbons (Fsp3) is 0.588. The molecule has 0 aliphatic heterocycles. The van der Waals surface area contributed by atoms with Crippen LogP contribution in [0.3, 0.4) is 0 Å². The summed E-state index contributed by atoms with van der Waals surface area (Å²) in [5, 5.41) is 0. The highest BCUT2D eigenvalue weighted by Crippen LogP contribution is 2.20. The van der Waals surface area contributed by atoms with Crippen LogP contribution in [0.1, 0.15) is 61.4 Å². The number of hydrogen-bond donors (Lipinski definition) is 0. The Labute approximate surface area is 133 Å². The maximum atomic E-state index is 11.9. The summed E-state index contributed by atoms with van der Waals surface area (Å²) < 4.78 is 28.4. The molecular weight excluding hydrogens is 300 g/mol. The minimum atomic E-state index is -3.45. The Morgan fingerprint density at radius 2 is 1.73 bits per heavy atom. The SMILES string of the molecule is CCCCCCCCc1ccc(C(=O)OC)c(S(C)(=O)=O)c1. The normalized spacial score (nSPS) is 11.4. The van der Waals surface area contributed by atoms with E-state index in [9.17, 15) is 13.2 Å². The lowest BCUT2D eigenvalue weighted by atomic mass is 10.0. The van der Waals surface area contributed by atoms with Crippen LogP contribution in [-0.2, 0) is 21.0 Å². The molecule has 4 nitrogen and oxygen atoms in total. The molecule has 0 heterocycles. The fourth-order valence-corrected chi connectivity index (χ4v) is 3.33. The Morgan fingerprint density at radius 3 is 2.32 bits per heavy atom. The third kappa shape index (κ3) is 5.79. The maximum Gasteiger partial charge on any atom is 0.339 e. The van der Waals surface area contributed by atoms with Crippen molar-refractivity contribution in [3.05, 3.63) is 29.3 Å². The zero-order chi connectivity index (χ0) is 16.6. The molecule has 1 aromatic carbocycles. The minimum absolute atomic E-state index is 0.0582. The molecule has 0 saturated carbocycles. The first-order valence-electron chi connectivity index (χ1n) is 7.81. The smallest absolute Gasteiger partial charge is 0.339 e. The number of esters is 1. The van der Waals surface area contributed by atoms with Gasteiger partial charge in [0.15, 0.2) is 9.84 Å². The first-order chi connectivity index (χ1) is 10.4. The Hall–Kier alpha value is -1.36. The molecule has 0 atom stereocenters. The van der Waals surface area contributed by atoms with Gasteiger partial charge in [-0.3, -0.25) is 0 Å². The van der Waals surface area contributed by atoms with Gasteiger partial charge in [0.2, 0.25) is 0 Å². The van der Waals surface area contributed by atoms with Crippen LogP contribution in [0.4, 0.5) is 0 Å². The van der Waals surface area contributed by atoms with Crippen LogP contribution in [0, 0.1) is 0 Å². The van der Waals surface area contributed by atoms with Gasteiger partial charge in [0.05, 0.1) is 17.6 Å². The van der Waals surface area contributed by atoms with Crippen molar-refractivity contribution in [1.29, 1.82) is 0 Å². The topological polar surface area (TPSA) is 60.4 Å². The van der Waals surface area contributed by atoms with Crippen LogP contribution >= 0.6 is 0 Å². The molecule has 0 unspecified atom stereocenters. The molecule has 0 radical (unpaired) electrons. The average molecular weight is 326 g/mol. The lowest BCUT2D eigenvalue weighted by Gasteiger charge is -2.09. The highest BCUT2D eigenvalue weighted by Gasteiger charge is 2.19. The molecule has 0 aliphatic rings. The van der Waals surface area contributed by atoms with Crippen molar-refractivity contribution in [3.8, 4) is 0 Å². The second-order valence-corrected chi connectivity index (χ2v) is 7.60. The Bertz CT molecular complexity index is 591. The van der Waals surface area contributed by atoms with Gasteiger partial charge >= 0.3 is 5.97 Å². The van der Waals surface area contributed by atoms with Gasteiger partial charge < -0.3 is 4.74 Å². The highest BCUT2D eigenvalue weighted by atomic mass is 32.2. The van der Waals surface area contributed by atoms with Gasteiger partial charge in [-0.05, 0) is 30.5 Å². The monoisotopic (exact) mass is 326 g/mol. The number of carbonyl (C=O) groups is 1. The molecule has 0 saturated heterocycles. The number of ether oxygens (including phenoxy) is 1. The van der Waals surface area contributed by atoms with Crippen LogP contribution in [0.25, 0.3) is 0 Å². The molecule has 0 fully saturated rings. The third-order valence-electron chi connectivity index (χ3n) is 3.67. The van der Waals surface area contributed by atoms with Crippen LogP contribution in [0.5, 0.6) is 0 Å². The Balaban J connectivity index is 2.76. The summed E-state index contributed by atoms with van der Waals surface area (Å²) in [6.45, 7) is 2.19. The van der Waals surface area contributed by atoms with Gasteiger partial charge in [-0.25, -0.2) is 13.2 Å². The molecule has 0 aromatic heterocycles. The molecule has 0 bridgehead atoms. The van der Waals surface area contributed by atoms with E-state index in [1.54, 1.807) is 12.1 Å². The summed E-state index contributed by atoms with van der Waals surface area (Å²) in [6, 6.07) is 4.97. The van der Waals surface area contributed by atoms with E-state index in [1.165, 1.54) is 32.8 Å². The summed E-state index contributed by atoms with van der Waals surface area (Å²) in [5.74, 6) is -0.619. The summed E-state index contributed by atoms with van der Waals surface area (Å²) in [4.78, 5) is 11.7. The summed E-state index contributed by atoms with van der Waals surface area (Å²) in [5.41, 5.74) is 1.06. The van der Waals surface area contributed by atoms with E-state index in [0.29, 0.717) is 0 Å². The van der Waals surface area contributed by atoms with E-state index >= 15 is 0 Å². The van der Waals surface area contributed by atoms with Crippen molar-refractivity contribution in [2.75, 3.05) is 13.4 Å². The van der Waals surface area contributed by atoms with E-state index < -0.39 is 15.8 Å². The van der Waals surface area contributed by atoms with Gasteiger partial charge in [0.1, 0.15) is 0 Å². The fourth-order valence-electron chi connectivity index (χ4n) is 2.42. The van der Waals surface area contributed by atoms with E-state index in [1.807, 2.05) is 6.07 Å². The largest absolute Gasteiger partial charge is 0.465 e. The molecule has 1 aromatic rings. The minimum Gasteiger partial charge on any atom is -0.465 e. The van der Waals surface area contributed by atoms with Gasteiger partial charge in [0.25, 0.3) is 0 Å². The highest BCUT2D eigenvalue weighted by molar-refractivity contribution is 7.90. The zero-order valence-corrected chi connectivity index (χ0v) is 14.5. The molecule has 0 aliphatic carbocycles. The maximum absolute atomic E-state index is 11.9. The molecule has 124 valence electrons. The van der Waals surface area contributed by atoms with Crippen molar-refractivity contribution in [1.82, 2.24) is 0 Å². The van der Waals surface area contributed by atoms with Gasteiger partial charge in [-0.2, -0.15) is 0 Å². The lowest BCUT2D eigenvalue weighted by Crippen LogP contribution is -2.10. The standard InChI is InChI=1S/C17H26O4S/c1-4-5-6-7-8-9-10-14-11-12-15(17(18)21-2)16(13-14)22(3,19)20/h11-13H,4-10H2,1-3H3. The number of rotatable bonds is 9. The van der Waals surface area contributed by atoms with Gasteiger partial charge in [-0.1, -0.05) is 45.1 Å². The predicted octanol–water partition coefficient (Wildman–Crippen LogP) is 3.78. The van der Waals surface area contributed by atoms with Crippen LogP contribution in [0.15, 0.2) is 23.1 Å². The van der Waals surface area contributed by atoms with E-state index in [2.05, 4.69) is 11.7 Å². The molecule has 0 N–H and O–H groups in total. The molecule has 0 spiro atoms. The number of methoxy groups -OCH3 is 1. The van der Waals surface area contributed by atoms with E-state index in [-0.39, 0.29) is 10.5 Å².